The molecule has 0 aliphatic carbocycles. The Hall–Kier alpha value is -1.39. The van der Waals surface area contributed by atoms with E-state index in [4.69, 9.17) is 9.47 Å². The molecule has 0 aromatic heterocycles. The van der Waals surface area contributed by atoms with Crippen LogP contribution in [0.1, 0.15) is 58.4 Å². The molecule has 2 fully saturated rings. The van der Waals surface area contributed by atoms with Gasteiger partial charge < -0.3 is 9.47 Å². The average Bonchev–Trinajstić information content (AvgIpc) is 3.12. The summed E-state index contributed by atoms with van der Waals surface area (Å²) in [6.07, 6.45) is 4.99. The zero-order valence-corrected chi connectivity index (χ0v) is 15.8. The third-order valence-corrected chi connectivity index (χ3v) is 5.36. The number of hydrogen-bond donors (Lipinski definition) is 0. The highest BCUT2D eigenvalue weighted by Gasteiger charge is 2.55. The van der Waals surface area contributed by atoms with Gasteiger partial charge in [-0.1, -0.05) is 30.3 Å². The monoisotopic (exact) mass is 345 g/mol. The topological polar surface area (TPSA) is 38.8 Å². The molecule has 2 aliphatic heterocycles. The van der Waals surface area contributed by atoms with Crippen molar-refractivity contribution < 1.29 is 14.3 Å². The van der Waals surface area contributed by atoms with Gasteiger partial charge in [-0.25, -0.2) is 0 Å². The molecule has 0 spiro atoms. The molecule has 1 aromatic carbocycles. The molecule has 4 heteroatoms. The molecule has 138 valence electrons. The molecule has 0 saturated carbocycles. The van der Waals surface area contributed by atoms with Gasteiger partial charge in [-0.2, -0.15) is 0 Å². The van der Waals surface area contributed by atoms with Gasteiger partial charge in [-0.15, -0.1) is 0 Å². The van der Waals surface area contributed by atoms with E-state index in [9.17, 15) is 4.79 Å². The average molecular weight is 345 g/mol. The third-order valence-electron chi connectivity index (χ3n) is 5.36. The summed E-state index contributed by atoms with van der Waals surface area (Å²) in [5, 5.41) is 0. The molecule has 25 heavy (non-hydrogen) atoms. The number of carbonyl (C=O) groups is 1. The van der Waals surface area contributed by atoms with Crippen molar-refractivity contribution in [2.24, 2.45) is 0 Å². The van der Waals surface area contributed by atoms with Crippen LogP contribution < -0.4 is 0 Å². The van der Waals surface area contributed by atoms with Crippen LogP contribution in [-0.4, -0.2) is 41.2 Å². The lowest BCUT2D eigenvalue weighted by Gasteiger charge is -2.35. The normalized spacial score (nSPS) is 26.6. The number of hydrogen-bond acceptors (Lipinski definition) is 4. The summed E-state index contributed by atoms with van der Waals surface area (Å²) < 4.78 is 11.6. The van der Waals surface area contributed by atoms with E-state index in [1.807, 2.05) is 39.0 Å². The Balaban J connectivity index is 1.52. The molecule has 0 amide bonds. The summed E-state index contributed by atoms with van der Waals surface area (Å²) in [6, 6.07) is 10.7. The smallest absolute Gasteiger partial charge is 0.327 e. The van der Waals surface area contributed by atoms with Gasteiger partial charge in [-0.3, -0.25) is 9.69 Å². The Morgan fingerprint density at radius 2 is 2.00 bits per heavy atom. The molecule has 0 radical (unpaired) electrons. The Morgan fingerprint density at radius 3 is 2.72 bits per heavy atom. The van der Waals surface area contributed by atoms with Crippen LogP contribution in [0.5, 0.6) is 0 Å². The Bertz CT molecular complexity index is 581. The highest BCUT2D eigenvalue weighted by atomic mass is 16.6. The van der Waals surface area contributed by atoms with Gasteiger partial charge in [0, 0.05) is 12.6 Å². The quantitative estimate of drug-likeness (QED) is 0.578. The summed E-state index contributed by atoms with van der Waals surface area (Å²) in [5.41, 5.74) is 0.409. The molecule has 0 bridgehead atoms. The number of nitrogens with zero attached hydrogens (tertiary/aromatic N) is 1. The number of carbonyl (C=O) groups excluding carboxylic acids is 1. The Labute approximate surface area is 151 Å². The lowest BCUT2D eigenvalue weighted by molar-refractivity contribution is -0.167. The molecular formula is C21H31NO3. The van der Waals surface area contributed by atoms with E-state index in [1.165, 1.54) is 5.56 Å². The van der Waals surface area contributed by atoms with Crippen LogP contribution in [0.15, 0.2) is 30.3 Å². The van der Waals surface area contributed by atoms with E-state index in [0.29, 0.717) is 12.6 Å². The highest BCUT2D eigenvalue weighted by molar-refractivity contribution is 5.82. The lowest BCUT2D eigenvalue weighted by atomic mass is 9.94. The molecule has 2 heterocycles. The van der Waals surface area contributed by atoms with Crippen molar-refractivity contribution in [3.8, 4) is 0 Å². The van der Waals surface area contributed by atoms with Crippen LogP contribution >= 0.6 is 0 Å². The first-order valence-electron chi connectivity index (χ1n) is 9.53. The number of benzene rings is 1. The minimum absolute atomic E-state index is 0.0230. The molecule has 3 rings (SSSR count). The van der Waals surface area contributed by atoms with E-state index in [1.54, 1.807) is 0 Å². The van der Waals surface area contributed by atoms with Gasteiger partial charge >= 0.3 is 5.97 Å². The van der Waals surface area contributed by atoms with Gasteiger partial charge in [0.2, 0.25) is 0 Å². The van der Waals surface area contributed by atoms with Crippen LogP contribution in [0.3, 0.4) is 0 Å². The summed E-state index contributed by atoms with van der Waals surface area (Å²) >= 11 is 0. The first kappa shape index (κ1) is 18.4. The molecule has 4 nitrogen and oxygen atoms in total. The first-order chi connectivity index (χ1) is 11.9. The molecule has 0 N–H and O–H groups in total. The highest BCUT2D eigenvalue weighted by Crippen LogP contribution is 2.44. The fourth-order valence-corrected chi connectivity index (χ4v) is 4.24. The van der Waals surface area contributed by atoms with Crippen molar-refractivity contribution in [2.75, 3.05) is 13.2 Å². The van der Waals surface area contributed by atoms with Crippen LogP contribution in [0.4, 0.5) is 0 Å². The van der Waals surface area contributed by atoms with Crippen LogP contribution in [0, 0.1) is 0 Å². The van der Waals surface area contributed by atoms with E-state index < -0.39 is 5.60 Å². The van der Waals surface area contributed by atoms with Crippen molar-refractivity contribution in [1.82, 2.24) is 4.90 Å². The van der Waals surface area contributed by atoms with Gasteiger partial charge in [0.25, 0.3) is 0 Å². The van der Waals surface area contributed by atoms with Crippen LogP contribution in [-0.2, 0) is 20.9 Å². The predicted octanol–water partition coefficient (Wildman–Crippen LogP) is 3.93. The number of fused-ring (bicyclic) bond motifs is 1. The molecule has 2 atom stereocenters. The first-order valence-corrected chi connectivity index (χ1v) is 9.53. The predicted molar refractivity (Wildman–Crippen MR) is 98.3 cm³/mol. The zero-order chi connectivity index (χ0) is 17.9. The molecule has 2 saturated heterocycles. The second-order valence-corrected chi connectivity index (χ2v) is 8.35. The van der Waals surface area contributed by atoms with Crippen molar-refractivity contribution >= 4 is 5.97 Å². The van der Waals surface area contributed by atoms with Crippen LogP contribution in [0.25, 0.3) is 0 Å². The van der Waals surface area contributed by atoms with E-state index in [0.717, 1.165) is 45.3 Å². The molecular weight excluding hydrogens is 314 g/mol. The minimum Gasteiger partial charge on any atom is -0.459 e. The standard InChI is InChI=1S/C21H31NO3/c1-20(2,3)25-19(23)21-12-7-14-22(21)18(10-13-21)11-15-24-16-17-8-5-4-6-9-17/h4-6,8-9,18H,7,10-16H2,1-3H3/t18-,21+/m1/s1. The number of ether oxygens (including phenoxy) is 2. The Kier molecular flexibility index (Phi) is 5.49. The molecule has 1 aromatic rings. The van der Waals surface area contributed by atoms with Crippen molar-refractivity contribution in [1.29, 1.82) is 0 Å². The largest absolute Gasteiger partial charge is 0.459 e. The van der Waals surface area contributed by atoms with E-state index in [2.05, 4.69) is 17.0 Å². The third kappa shape index (κ3) is 4.24. The minimum atomic E-state index is -0.420. The summed E-state index contributed by atoms with van der Waals surface area (Å²) in [7, 11) is 0. The van der Waals surface area contributed by atoms with Gasteiger partial charge in [0.15, 0.2) is 0 Å². The Morgan fingerprint density at radius 1 is 1.24 bits per heavy atom. The summed E-state index contributed by atoms with van der Waals surface area (Å²) in [4.78, 5) is 15.2. The van der Waals surface area contributed by atoms with Crippen molar-refractivity contribution in [3.63, 3.8) is 0 Å². The molecule has 0 unspecified atom stereocenters. The van der Waals surface area contributed by atoms with Crippen molar-refractivity contribution in [2.45, 2.75) is 76.7 Å². The van der Waals surface area contributed by atoms with E-state index >= 15 is 0 Å². The second-order valence-electron chi connectivity index (χ2n) is 8.35. The maximum Gasteiger partial charge on any atom is 0.327 e. The maximum absolute atomic E-state index is 12.8. The number of esters is 1. The van der Waals surface area contributed by atoms with E-state index in [-0.39, 0.29) is 11.5 Å². The van der Waals surface area contributed by atoms with Crippen LogP contribution in [0.2, 0.25) is 0 Å². The summed E-state index contributed by atoms with van der Waals surface area (Å²) in [6.45, 7) is 8.24. The zero-order valence-electron chi connectivity index (χ0n) is 15.8. The van der Waals surface area contributed by atoms with Gasteiger partial charge in [0.05, 0.1) is 6.61 Å². The van der Waals surface area contributed by atoms with Gasteiger partial charge in [0.1, 0.15) is 11.1 Å². The SMILES string of the molecule is CC(C)(C)OC(=O)[C@@]12CCCN1[C@@H](CCOCc1ccccc1)CC2. The second kappa shape index (κ2) is 7.46. The maximum atomic E-state index is 12.8. The lowest BCUT2D eigenvalue weighted by Crippen LogP contribution is -2.51. The fraction of sp³-hybridized carbons (Fsp3) is 0.667. The summed E-state index contributed by atoms with van der Waals surface area (Å²) in [5.74, 6) is -0.0230. The van der Waals surface area contributed by atoms with Crippen molar-refractivity contribution in [3.05, 3.63) is 35.9 Å². The van der Waals surface area contributed by atoms with Gasteiger partial charge in [-0.05, 0) is 65.0 Å². The fourth-order valence-electron chi connectivity index (χ4n) is 4.24. The number of rotatable bonds is 6. The molecule has 2 aliphatic rings.